The summed E-state index contributed by atoms with van der Waals surface area (Å²) >= 11 is 0. The average molecular weight is 384 g/mol. The third-order valence-corrected chi connectivity index (χ3v) is 5.00. The fourth-order valence-electron chi connectivity index (χ4n) is 3.60. The van der Waals surface area contributed by atoms with Gasteiger partial charge in [0.15, 0.2) is 18.1 Å². The Bertz CT molecular complexity index is 1340. The van der Waals surface area contributed by atoms with E-state index in [1.54, 1.807) is 29.7 Å². The van der Waals surface area contributed by atoms with Gasteiger partial charge in [-0.15, -0.1) is 0 Å². The van der Waals surface area contributed by atoms with Gasteiger partial charge >= 0.3 is 5.97 Å². The topological polar surface area (TPSA) is 74.3 Å². The van der Waals surface area contributed by atoms with Crippen LogP contribution in [0, 0.1) is 0 Å². The van der Waals surface area contributed by atoms with Crippen molar-refractivity contribution < 1.29 is 18.7 Å². The number of aromatic nitrogens is 2. The number of hydrogen-bond acceptors (Lipinski definition) is 5. The molecule has 6 heteroatoms. The molecule has 1 atom stereocenters. The molecule has 142 valence electrons. The molecule has 29 heavy (non-hydrogen) atoms. The number of para-hydroxylation sites is 2. The number of oxazole rings is 1. The van der Waals surface area contributed by atoms with E-state index in [0.717, 1.165) is 21.8 Å². The summed E-state index contributed by atoms with van der Waals surface area (Å²) in [6, 6.07) is 20.2. The molecule has 1 unspecified atom stereocenters. The number of carbonyl (C=O) groups excluding carboxylic acids is 2. The zero-order valence-corrected chi connectivity index (χ0v) is 15.5. The highest BCUT2D eigenvalue weighted by molar-refractivity contribution is 6.14. The van der Waals surface area contributed by atoms with Crippen LogP contribution in [-0.4, -0.2) is 27.5 Å². The Balaban J connectivity index is 1.49. The van der Waals surface area contributed by atoms with E-state index in [0.29, 0.717) is 16.7 Å². The smallest absolute Gasteiger partial charge is 0.339 e. The first-order chi connectivity index (χ1) is 14.1. The summed E-state index contributed by atoms with van der Waals surface area (Å²) in [7, 11) is 0. The number of carbonyl (C=O) groups is 2. The van der Waals surface area contributed by atoms with E-state index in [1.807, 2.05) is 48.5 Å². The first-order valence-corrected chi connectivity index (χ1v) is 9.20. The molecule has 6 nitrogen and oxygen atoms in total. The number of nitrogens with zero attached hydrogens (tertiary/aromatic N) is 2. The molecule has 5 rings (SSSR count). The van der Waals surface area contributed by atoms with E-state index in [-0.39, 0.29) is 5.91 Å². The Kier molecular flexibility index (Phi) is 3.91. The van der Waals surface area contributed by atoms with Crippen molar-refractivity contribution in [3.8, 4) is 0 Å². The monoisotopic (exact) mass is 384 g/mol. The Morgan fingerprint density at radius 1 is 0.966 bits per heavy atom. The molecule has 2 aromatic heterocycles. The molecule has 0 aliphatic rings. The van der Waals surface area contributed by atoms with Crippen molar-refractivity contribution in [2.24, 2.45) is 0 Å². The molecule has 0 radical (unpaired) electrons. The lowest BCUT2D eigenvalue weighted by molar-refractivity contribution is 0.0288. The Hall–Kier alpha value is -3.93. The normalized spacial score (nSPS) is 12.4. The first-order valence-electron chi connectivity index (χ1n) is 9.20. The lowest BCUT2D eigenvalue weighted by atomic mass is 10.2. The van der Waals surface area contributed by atoms with Crippen LogP contribution in [0.3, 0.4) is 0 Å². The van der Waals surface area contributed by atoms with E-state index in [9.17, 15) is 9.59 Å². The van der Waals surface area contributed by atoms with Crippen molar-refractivity contribution >= 4 is 44.8 Å². The Morgan fingerprint density at radius 2 is 1.62 bits per heavy atom. The summed E-state index contributed by atoms with van der Waals surface area (Å²) in [5, 5.41) is 1.96. The van der Waals surface area contributed by atoms with Crippen LogP contribution in [0.4, 0.5) is 0 Å². The molecule has 0 N–H and O–H groups in total. The highest BCUT2D eigenvalue weighted by atomic mass is 16.5. The van der Waals surface area contributed by atoms with Gasteiger partial charge in [0.2, 0.25) is 0 Å². The largest absolute Gasteiger partial charge is 0.449 e. The molecule has 0 saturated heterocycles. The van der Waals surface area contributed by atoms with Crippen molar-refractivity contribution in [1.29, 1.82) is 0 Å². The molecule has 0 saturated carbocycles. The summed E-state index contributed by atoms with van der Waals surface area (Å²) in [6.45, 7) is 1.58. The highest BCUT2D eigenvalue weighted by Gasteiger charge is 2.24. The average Bonchev–Trinajstić information content (AvgIpc) is 3.35. The van der Waals surface area contributed by atoms with Gasteiger partial charge < -0.3 is 9.15 Å². The zero-order valence-electron chi connectivity index (χ0n) is 15.5. The second kappa shape index (κ2) is 6.60. The van der Waals surface area contributed by atoms with Gasteiger partial charge in [-0.1, -0.05) is 36.4 Å². The summed E-state index contributed by atoms with van der Waals surface area (Å²) in [5.74, 6) is -0.901. The molecule has 0 aliphatic heterocycles. The second-order valence-corrected chi connectivity index (χ2v) is 6.79. The fraction of sp³-hybridized carbons (Fsp3) is 0.0870. The third kappa shape index (κ3) is 2.77. The van der Waals surface area contributed by atoms with Crippen molar-refractivity contribution in [2.75, 3.05) is 0 Å². The van der Waals surface area contributed by atoms with Crippen LogP contribution in [0.15, 0.2) is 77.5 Å². The van der Waals surface area contributed by atoms with Crippen LogP contribution in [0.1, 0.15) is 22.1 Å². The second-order valence-electron chi connectivity index (χ2n) is 6.79. The molecular weight excluding hydrogens is 368 g/mol. The lowest BCUT2D eigenvalue weighted by Crippen LogP contribution is -2.29. The molecule has 0 aliphatic carbocycles. The molecule has 0 amide bonds. The van der Waals surface area contributed by atoms with Gasteiger partial charge in [0.25, 0.3) is 5.91 Å². The maximum absolute atomic E-state index is 13.2. The quantitative estimate of drug-likeness (QED) is 0.417. The summed E-state index contributed by atoms with van der Waals surface area (Å²) in [6.07, 6.45) is 0.348. The van der Waals surface area contributed by atoms with Gasteiger partial charge in [-0.3, -0.25) is 9.36 Å². The van der Waals surface area contributed by atoms with Crippen molar-refractivity contribution in [3.05, 3.63) is 78.7 Å². The van der Waals surface area contributed by atoms with Crippen LogP contribution in [-0.2, 0) is 4.74 Å². The third-order valence-electron chi connectivity index (χ3n) is 5.00. The minimum atomic E-state index is -0.966. The SMILES string of the molecule is CC(OC(=O)c1ccc2ncoc2c1)C(=O)n1c2ccccc2c2ccccc21. The van der Waals surface area contributed by atoms with Gasteiger partial charge in [0.1, 0.15) is 5.52 Å². The van der Waals surface area contributed by atoms with Gasteiger partial charge in [-0.05, 0) is 37.3 Å². The number of fused-ring (bicyclic) bond motifs is 4. The fourth-order valence-corrected chi connectivity index (χ4v) is 3.60. The van der Waals surface area contributed by atoms with Crippen LogP contribution in [0.25, 0.3) is 32.9 Å². The van der Waals surface area contributed by atoms with E-state index in [2.05, 4.69) is 4.98 Å². The summed E-state index contributed by atoms with van der Waals surface area (Å²) in [4.78, 5) is 29.8. The number of hydrogen-bond donors (Lipinski definition) is 0. The van der Waals surface area contributed by atoms with Crippen molar-refractivity contribution in [3.63, 3.8) is 0 Å². The number of ether oxygens (including phenoxy) is 1. The lowest BCUT2D eigenvalue weighted by Gasteiger charge is -2.14. The predicted octanol–water partition coefficient (Wildman–Crippen LogP) is 4.82. The van der Waals surface area contributed by atoms with Gasteiger partial charge in [0, 0.05) is 10.8 Å². The van der Waals surface area contributed by atoms with E-state index in [4.69, 9.17) is 9.15 Å². The van der Waals surface area contributed by atoms with Gasteiger partial charge in [0.05, 0.1) is 16.6 Å². The number of benzene rings is 3. The van der Waals surface area contributed by atoms with Crippen LogP contribution in [0.2, 0.25) is 0 Å². The van der Waals surface area contributed by atoms with Crippen molar-refractivity contribution in [2.45, 2.75) is 13.0 Å². The van der Waals surface area contributed by atoms with E-state index in [1.165, 1.54) is 6.39 Å². The van der Waals surface area contributed by atoms with Crippen molar-refractivity contribution in [1.82, 2.24) is 9.55 Å². The molecule has 0 spiro atoms. The first kappa shape index (κ1) is 17.2. The maximum atomic E-state index is 13.2. The predicted molar refractivity (Wildman–Crippen MR) is 109 cm³/mol. The molecule has 0 fully saturated rings. The van der Waals surface area contributed by atoms with Crippen LogP contribution < -0.4 is 0 Å². The summed E-state index contributed by atoms with van der Waals surface area (Å²) in [5.41, 5.74) is 3.00. The number of rotatable bonds is 3. The zero-order chi connectivity index (χ0) is 20.0. The van der Waals surface area contributed by atoms with E-state index < -0.39 is 12.1 Å². The van der Waals surface area contributed by atoms with Crippen LogP contribution in [0.5, 0.6) is 0 Å². The molecular formula is C23H16N2O4. The molecule has 3 aromatic carbocycles. The van der Waals surface area contributed by atoms with Gasteiger partial charge in [-0.25, -0.2) is 9.78 Å². The molecule has 5 aromatic rings. The molecule has 0 bridgehead atoms. The summed E-state index contributed by atoms with van der Waals surface area (Å²) < 4.78 is 12.3. The Labute approximate surface area is 165 Å². The standard InChI is InChI=1S/C23H16N2O4/c1-14(29-23(27)15-10-11-18-21(12-15)28-13-24-18)22(26)25-19-8-4-2-6-16(19)17-7-3-5-9-20(17)25/h2-14H,1H3. The highest BCUT2D eigenvalue weighted by Crippen LogP contribution is 2.29. The maximum Gasteiger partial charge on any atom is 0.339 e. The Morgan fingerprint density at radius 3 is 2.31 bits per heavy atom. The van der Waals surface area contributed by atoms with E-state index >= 15 is 0 Å². The van der Waals surface area contributed by atoms with Crippen LogP contribution >= 0.6 is 0 Å². The van der Waals surface area contributed by atoms with Gasteiger partial charge in [-0.2, -0.15) is 0 Å². The molecule has 2 heterocycles. The minimum Gasteiger partial charge on any atom is -0.449 e. The minimum absolute atomic E-state index is 0.302. The number of esters is 1.